The summed E-state index contributed by atoms with van der Waals surface area (Å²) < 4.78 is 6.13. The Bertz CT molecular complexity index is 392. The van der Waals surface area contributed by atoms with Gasteiger partial charge < -0.3 is 9.64 Å². The molecule has 3 rings (SSSR count). The highest BCUT2D eigenvalue weighted by Gasteiger charge is 2.78. The molecular weight excluding hydrogens is 226 g/mol. The number of amides is 1. The van der Waals surface area contributed by atoms with E-state index < -0.39 is 5.60 Å². The van der Waals surface area contributed by atoms with E-state index in [2.05, 4.69) is 27.7 Å². The number of rotatable bonds is 3. The Morgan fingerprint density at radius 2 is 2.00 bits per heavy atom. The van der Waals surface area contributed by atoms with Crippen molar-refractivity contribution in [2.45, 2.75) is 52.6 Å². The molecule has 0 aromatic rings. The van der Waals surface area contributed by atoms with Crippen LogP contribution in [0.2, 0.25) is 0 Å². The van der Waals surface area contributed by atoms with Gasteiger partial charge in [0.05, 0.1) is 6.61 Å². The zero-order valence-corrected chi connectivity index (χ0v) is 12.1. The molecule has 0 unspecified atom stereocenters. The average molecular weight is 251 g/mol. The SMILES string of the molecule is CCN(CC)C(=O)[C@]12C[C@H]3CC[C@]1(C)[C@]3(C)CO2. The van der Waals surface area contributed by atoms with Crippen LogP contribution in [0.1, 0.15) is 47.0 Å². The van der Waals surface area contributed by atoms with Gasteiger partial charge in [-0.2, -0.15) is 0 Å². The Hall–Kier alpha value is -0.570. The molecule has 4 atom stereocenters. The summed E-state index contributed by atoms with van der Waals surface area (Å²) in [7, 11) is 0. The van der Waals surface area contributed by atoms with Gasteiger partial charge >= 0.3 is 0 Å². The van der Waals surface area contributed by atoms with Gasteiger partial charge in [-0.05, 0) is 39.0 Å². The molecule has 1 aliphatic heterocycles. The summed E-state index contributed by atoms with van der Waals surface area (Å²) in [5, 5.41) is 0. The minimum atomic E-state index is -0.503. The monoisotopic (exact) mass is 251 g/mol. The summed E-state index contributed by atoms with van der Waals surface area (Å²) in [6.07, 6.45) is 3.39. The average Bonchev–Trinajstić information content (AvgIpc) is 2.83. The van der Waals surface area contributed by atoms with Gasteiger partial charge in [-0.25, -0.2) is 0 Å². The van der Waals surface area contributed by atoms with Crippen LogP contribution in [0.15, 0.2) is 0 Å². The van der Waals surface area contributed by atoms with Crippen LogP contribution in [0.25, 0.3) is 0 Å². The molecule has 2 saturated carbocycles. The van der Waals surface area contributed by atoms with Crippen molar-refractivity contribution in [1.29, 1.82) is 0 Å². The highest BCUT2D eigenvalue weighted by molar-refractivity contribution is 5.88. The normalized spacial score (nSPS) is 48.8. The first-order valence-corrected chi connectivity index (χ1v) is 7.38. The molecule has 1 heterocycles. The molecule has 0 N–H and O–H groups in total. The van der Waals surface area contributed by atoms with Gasteiger partial charge in [0.25, 0.3) is 5.91 Å². The lowest BCUT2D eigenvalue weighted by atomic mass is 9.66. The molecule has 18 heavy (non-hydrogen) atoms. The number of ether oxygens (including phenoxy) is 1. The van der Waals surface area contributed by atoms with Gasteiger partial charge in [-0.3, -0.25) is 4.79 Å². The number of nitrogens with zero attached hydrogens (tertiary/aromatic N) is 1. The number of hydrogen-bond donors (Lipinski definition) is 0. The summed E-state index contributed by atoms with van der Waals surface area (Å²) in [4.78, 5) is 14.9. The maximum absolute atomic E-state index is 12.9. The molecule has 102 valence electrons. The van der Waals surface area contributed by atoms with E-state index in [-0.39, 0.29) is 16.7 Å². The Kier molecular flexibility index (Phi) is 2.42. The van der Waals surface area contributed by atoms with Crippen LogP contribution < -0.4 is 0 Å². The van der Waals surface area contributed by atoms with Crippen molar-refractivity contribution in [3.63, 3.8) is 0 Å². The number of hydrogen-bond acceptors (Lipinski definition) is 2. The largest absolute Gasteiger partial charge is 0.364 e. The van der Waals surface area contributed by atoms with Gasteiger partial charge in [-0.1, -0.05) is 13.8 Å². The molecule has 2 aliphatic carbocycles. The van der Waals surface area contributed by atoms with E-state index in [1.54, 1.807) is 0 Å². The third kappa shape index (κ3) is 1.05. The molecular formula is C15H25NO2. The molecule has 3 heteroatoms. The van der Waals surface area contributed by atoms with Crippen LogP contribution in [0.5, 0.6) is 0 Å². The summed E-state index contributed by atoms with van der Waals surface area (Å²) in [5.41, 5.74) is -0.211. The molecule has 1 amide bonds. The van der Waals surface area contributed by atoms with E-state index in [9.17, 15) is 4.79 Å². The van der Waals surface area contributed by atoms with E-state index in [4.69, 9.17) is 4.74 Å². The zero-order valence-electron chi connectivity index (χ0n) is 12.1. The molecule has 0 spiro atoms. The second-order valence-corrected chi connectivity index (χ2v) is 6.78. The van der Waals surface area contributed by atoms with E-state index in [1.165, 1.54) is 6.42 Å². The fraction of sp³-hybridized carbons (Fsp3) is 0.933. The van der Waals surface area contributed by atoms with Crippen molar-refractivity contribution < 1.29 is 9.53 Å². The van der Waals surface area contributed by atoms with Crippen molar-refractivity contribution in [3.8, 4) is 0 Å². The summed E-state index contributed by atoms with van der Waals surface area (Å²) in [6, 6.07) is 0. The Balaban J connectivity index is 2.00. The van der Waals surface area contributed by atoms with Crippen LogP contribution in [0.4, 0.5) is 0 Å². The molecule has 3 fully saturated rings. The quantitative estimate of drug-likeness (QED) is 0.771. The second kappa shape index (κ2) is 3.50. The smallest absolute Gasteiger partial charge is 0.255 e. The van der Waals surface area contributed by atoms with E-state index in [1.807, 2.05) is 4.90 Å². The van der Waals surface area contributed by atoms with Crippen LogP contribution in [-0.2, 0) is 9.53 Å². The van der Waals surface area contributed by atoms with Crippen LogP contribution in [-0.4, -0.2) is 36.1 Å². The molecule has 3 nitrogen and oxygen atoms in total. The van der Waals surface area contributed by atoms with Crippen molar-refractivity contribution in [2.75, 3.05) is 19.7 Å². The fourth-order valence-electron chi connectivity index (χ4n) is 5.00. The maximum atomic E-state index is 12.9. The first-order chi connectivity index (χ1) is 8.45. The van der Waals surface area contributed by atoms with Crippen molar-refractivity contribution >= 4 is 5.91 Å². The second-order valence-electron chi connectivity index (χ2n) is 6.78. The first-order valence-electron chi connectivity index (χ1n) is 7.38. The van der Waals surface area contributed by atoms with Gasteiger partial charge in [-0.15, -0.1) is 0 Å². The van der Waals surface area contributed by atoms with Gasteiger partial charge in [0, 0.05) is 23.9 Å². The van der Waals surface area contributed by atoms with E-state index in [0.29, 0.717) is 5.92 Å². The number of carbonyl (C=O) groups is 1. The molecule has 0 aromatic heterocycles. The minimum absolute atomic E-state index is 0.0599. The lowest BCUT2D eigenvalue weighted by Gasteiger charge is -2.42. The highest BCUT2D eigenvalue weighted by atomic mass is 16.5. The number of carbonyl (C=O) groups excluding carboxylic acids is 1. The third-order valence-corrected chi connectivity index (χ3v) is 6.59. The van der Waals surface area contributed by atoms with Gasteiger partial charge in [0.15, 0.2) is 5.60 Å². The fourth-order valence-corrected chi connectivity index (χ4v) is 5.00. The lowest BCUT2D eigenvalue weighted by molar-refractivity contribution is -0.166. The topological polar surface area (TPSA) is 29.5 Å². The standard InChI is InChI=1S/C15H25NO2/c1-5-16(6-2)12(17)15-9-11-7-8-14(15,4)13(11,3)10-18-15/h11H,5-10H2,1-4H3/t11-,13-,14-,15-/m1/s1. The van der Waals surface area contributed by atoms with Crippen molar-refractivity contribution in [1.82, 2.24) is 4.90 Å². The summed E-state index contributed by atoms with van der Waals surface area (Å²) in [5.74, 6) is 0.941. The highest BCUT2D eigenvalue weighted by Crippen LogP contribution is 2.75. The van der Waals surface area contributed by atoms with E-state index >= 15 is 0 Å². The predicted molar refractivity (Wildman–Crippen MR) is 70.2 cm³/mol. The van der Waals surface area contributed by atoms with Crippen molar-refractivity contribution in [2.24, 2.45) is 16.7 Å². The van der Waals surface area contributed by atoms with Crippen LogP contribution in [0.3, 0.4) is 0 Å². The predicted octanol–water partition coefficient (Wildman–Crippen LogP) is 2.45. The number of likely N-dealkylation sites (N-methyl/N-ethyl adjacent to an activating group) is 1. The van der Waals surface area contributed by atoms with Crippen molar-refractivity contribution in [3.05, 3.63) is 0 Å². The molecule has 0 radical (unpaired) electrons. The summed E-state index contributed by atoms with van der Waals surface area (Å²) in [6.45, 7) is 11.1. The zero-order chi connectivity index (χ0) is 13.2. The lowest BCUT2D eigenvalue weighted by Crippen LogP contribution is -2.56. The molecule has 4 bridgehead atoms. The molecule has 3 aliphatic rings. The molecule has 1 saturated heterocycles. The first kappa shape index (κ1) is 12.5. The van der Waals surface area contributed by atoms with Crippen LogP contribution in [0, 0.1) is 16.7 Å². The minimum Gasteiger partial charge on any atom is -0.364 e. The molecule has 0 aromatic carbocycles. The Morgan fingerprint density at radius 3 is 2.50 bits per heavy atom. The maximum Gasteiger partial charge on any atom is 0.255 e. The summed E-state index contributed by atoms with van der Waals surface area (Å²) >= 11 is 0. The third-order valence-electron chi connectivity index (χ3n) is 6.59. The van der Waals surface area contributed by atoms with E-state index in [0.717, 1.165) is 32.5 Å². The Labute approximate surface area is 110 Å². The Morgan fingerprint density at radius 1 is 1.33 bits per heavy atom. The van der Waals surface area contributed by atoms with Crippen LogP contribution >= 0.6 is 0 Å². The van der Waals surface area contributed by atoms with Gasteiger partial charge in [0.1, 0.15) is 0 Å². The van der Waals surface area contributed by atoms with Gasteiger partial charge in [0.2, 0.25) is 0 Å².